The zero-order chi connectivity index (χ0) is 17.8. The van der Waals surface area contributed by atoms with Crippen molar-refractivity contribution in [2.45, 2.75) is 6.92 Å². The molecule has 0 atom stereocenters. The number of thiazole rings is 1. The van der Waals surface area contributed by atoms with Crippen molar-refractivity contribution in [1.29, 1.82) is 0 Å². The Balaban J connectivity index is 1.73. The highest BCUT2D eigenvalue weighted by Gasteiger charge is 2.13. The number of para-hydroxylation sites is 1. The number of hydrogen-bond donors (Lipinski definition) is 3. The molecule has 0 radical (unpaired) electrons. The average Bonchev–Trinajstić information content (AvgIpc) is 3.04. The van der Waals surface area contributed by atoms with Gasteiger partial charge in [0.1, 0.15) is 5.75 Å². The Kier molecular flexibility index (Phi) is 4.76. The Labute approximate surface area is 148 Å². The monoisotopic (exact) mass is 353 g/mol. The van der Waals surface area contributed by atoms with Gasteiger partial charge in [-0.1, -0.05) is 24.3 Å². The SMILES string of the molecule is CC(=O)Nc1ccc(-c2csc(NC(=O)c3ccccc3O)n2)cc1. The van der Waals surface area contributed by atoms with Crippen LogP contribution in [-0.4, -0.2) is 21.9 Å². The average molecular weight is 353 g/mol. The number of nitrogens with zero attached hydrogens (tertiary/aromatic N) is 1. The van der Waals surface area contributed by atoms with E-state index in [1.807, 2.05) is 17.5 Å². The van der Waals surface area contributed by atoms with Crippen LogP contribution in [-0.2, 0) is 4.79 Å². The van der Waals surface area contributed by atoms with Gasteiger partial charge < -0.3 is 10.4 Å². The van der Waals surface area contributed by atoms with E-state index in [1.165, 1.54) is 24.3 Å². The van der Waals surface area contributed by atoms with Crippen LogP contribution in [0.4, 0.5) is 10.8 Å². The van der Waals surface area contributed by atoms with Gasteiger partial charge in [0, 0.05) is 23.6 Å². The predicted molar refractivity (Wildman–Crippen MR) is 97.9 cm³/mol. The van der Waals surface area contributed by atoms with Gasteiger partial charge in [0.15, 0.2) is 5.13 Å². The number of aromatic hydroxyl groups is 1. The third kappa shape index (κ3) is 4.02. The number of phenolic OH excluding ortho intramolecular Hbond substituents is 1. The summed E-state index contributed by atoms with van der Waals surface area (Å²) < 4.78 is 0. The molecule has 6 nitrogen and oxygen atoms in total. The van der Waals surface area contributed by atoms with E-state index < -0.39 is 5.91 Å². The van der Waals surface area contributed by atoms with Crippen molar-refractivity contribution in [2.24, 2.45) is 0 Å². The fourth-order valence-corrected chi connectivity index (χ4v) is 2.94. The number of amides is 2. The van der Waals surface area contributed by atoms with Crippen molar-refractivity contribution in [3.63, 3.8) is 0 Å². The Hall–Kier alpha value is -3.19. The highest BCUT2D eigenvalue weighted by atomic mass is 32.1. The highest BCUT2D eigenvalue weighted by Crippen LogP contribution is 2.27. The van der Waals surface area contributed by atoms with Gasteiger partial charge in [0.25, 0.3) is 5.91 Å². The van der Waals surface area contributed by atoms with Crippen LogP contribution >= 0.6 is 11.3 Å². The fraction of sp³-hybridized carbons (Fsp3) is 0.0556. The van der Waals surface area contributed by atoms with Gasteiger partial charge in [-0.3, -0.25) is 14.9 Å². The van der Waals surface area contributed by atoms with Crippen LogP contribution < -0.4 is 10.6 Å². The van der Waals surface area contributed by atoms with Gasteiger partial charge in [-0.15, -0.1) is 11.3 Å². The van der Waals surface area contributed by atoms with E-state index in [0.717, 1.165) is 5.56 Å². The molecule has 2 amide bonds. The van der Waals surface area contributed by atoms with Crippen molar-refractivity contribution in [2.75, 3.05) is 10.6 Å². The molecule has 0 aliphatic carbocycles. The Morgan fingerprint density at radius 1 is 1.04 bits per heavy atom. The van der Waals surface area contributed by atoms with Gasteiger partial charge in [0.2, 0.25) is 5.91 Å². The minimum absolute atomic E-state index is 0.0784. The molecule has 2 aromatic carbocycles. The summed E-state index contributed by atoms with van der Waals surface area (Å²) in [6, 6.07) is 13.6. The molecular weight excluding hydrogens is 338 g/mol. The van der Waals surface area contributed by atoms with Gasteiger partial charge >= 0.3 is 0 Å². The fourth-order valence-electron chi connectivity index (χ4n) is 2.22. The summed E-state index contributed by atoms with van der Waals surface area (Å²) >= 11 is 1.29. The molecule has 0 fully saturated rings. The number of hydrogen-bond acceptors (Lipinski definition) is 5. The normalized spacial score (nSPS) is 10.3. The van der Waals surface area contributed by atoms with E-state index in [0.29, 0.717) is 16.5 Å². The zero-order valence-corrected chi connectivity index (χ0v) is 14.1. The number of phenols is 1. The predicted octanol–water partition coefficient (Wildman–Crippen LogP) is 3.73. The van der Waals surface area contributed by atoms with Crippen molar-refractivity contribution < 1.29 is 14.7 Å². The van der Waals surface area contributed by atoms with E-state index >= 15 is 0 Å². The molecule has 0 bridgehead atoms. The third-order valence-electron chi connectivity index (χ3n) is 3.37. The summed E-state index contributed by atoms with van der Waals surface area (Å²) in [4.78, 5) is 27.6. The molecule has 3 N–H and O–H groups in total. The van der Waals surface area contributed by atoms with Crippen LogP contribution in [0.5, 0.6) is 5.75 Å². The first-order valence-corrected chi connectivity index (χ1v) is 8.34. The largest absolute Gasteiger partial charge is 0.507 e. The number of carbonyl (C=O) groups is 2. The molecule has 0 aliphatic heterocycles. The smallest absolute Gasteiger partial charge is 0.261 e. The van der Waals surface area contributed by atoms with Gasteiger partial charge in [-0.05, 0) is 24.3 Å². The summed E-state index contributed by atoms with van der Waals surface area (Å²) in [5, 5.41) is 17.4. The van der Waals surface area contributed by atoms with E-state index in [9.17, 15) is 14.7 Å². The first-order valence-electron chi connectivity index (χ1n) is 7.46. The minimum Gasteiger partial charge on any atom is -0.507 e. The summed E-state index contributed by atoms with van der Waals surface area (Å²) in [5.41, 5.74) is 2.49. The second kappa shape index (κ2) is 7.14. The van der Waals surface area contributed by atoms with Crippen LogP contribution in [0, 0.1) is 0 Å². The summed E-state index contributed by atoms with van der Waals surface area (Å²) in [7, 11) is 0. The number of anilines is 2. The van der Waals surface area contributed by atoms with Gasteiger partial charge in [0.05, 0.1) is 11.3 Å². The Morgan fingerprint density at radius 2 is 1.76 bits per heavy atom. The maximum absolute atomic E-state index is 12.2. The van der Waals surface area contributed by atoms with E-state index in [-0.39, 0.29) is 17.2 Å². The first-order chi connectivity index (χ1) is 12.0. The molecule has 25 heavy (non-hydrogen) atoms. The van der Waals surface area contributed by atoms with Crippen molar-refractivity contribution in [3.8, 4) is 17.0 Å². The summed E-state index contributed by atoms with van der Waals surface area (Å²) in [6.45, 7) is 1.45. The highest BCUT2D eigenvalue weighted by molar-refractivity contribution is 7.14. The van der Waals surface area contributed by atoms with E-state index in [2.05, 4.69) is 15.6 Å². The first kappa shape index (κ1) is 16.7. The molecule has 1 heterocycles. The standard InChI is InChI=1S/C18H15N3O3S/c1-11(22)19-13-8-6-12(7-9-13)15-10-25-18(20-15)21-17(24)14-4-2-3-5-16(14)23/h2-10,23H,1H3,(H,19,22)(H,20,21,24). The second-order valence-corrected chi connectivity index (χ2v) is 6.13. The summed E-state index contributed by atoms with van der Waals surface area (Å²) in [5.74, 6) is -0.624. The zero-order valence-electron chi connectivity index (χ0n) is 13.3. The number of nitrogens with one attached hydrogen (secondary N) is 2. The quantitative estimate of drug-likeness (QED) is 0.666. The molecule has 0 saturated heterocycles. The number of benzene rings is 2. The van der Waals surface area contributed by atoms with E-state index in [4.69, 9.17) is 0 Å². The number of aromatic nitrogens is 1. The molecule has 0 saturated carbocycles. The topological polar surface area (TPSA) is 91.3 Å². The third-order valence-corrected chi connectivity index (χ3v) is 4.13. The summed E-state index contributed by atoms with van der Waals surface area (Å²) in [6.07, 6.45) is 0. The molecule has 1 aromatic heterocycles. The maximum Gasteiger partial charge on any atom is 0.261 e. The number of carbonyl (C=O) groups excluding carboxylic acids is 2. The number of rotatable bonds is 4. The lowest BCUT2D eigenvalue weighted by Gasteiger charge is -2.04. The van der Waals surface area contributed by atoms with Crippen LogP contribution in [0.2, 0.25) is 0 Å². The molecule has 0 aliphatic rings. The lowest BCUT2D eigenvalue weighted by atomic mass is 10.1. The minimum atomic E-state index is -0.417. The second-order valence-electron chi connectivity index (χ2n) is 5.27. The van der Waals surface area contributed by atoms with Crippen molar-refractivity contribution in [3.05, 3.63) is 59.5 Å². The molecule has 126 valence electrons. The maximum atomic E-state index is 12.2. The molecule has 3 aromatic rings. The molecule has 0 unspecified atom stereocenters. The van der Waals surface area contributed by atoms with Crippen LogP contribution in [0.3, 0.4) is 0 Å². The molecule has 7 heteroatoms. The Morgan fingerprint density at radius 3 is 2.44 bits per heavy atom. The van der Waals surface area contributed by atoms with Crippen LogP contribution in [0.15, 0.2) is 53.9 Å². The lowest BCUT2D eigenvalue weighted by Crippen LogP contribution is -2.11. The van der Waals surface area contributed by atoms with Gasteiger partial charge in [-0.2, -0.15) is 0 Å². The van der Waals surface area contributed by atoms with Crippen molar-refractivity contribution >= 4 is 34.0 Å². The van der Waals surface area contributed by atoms with E-state index in [1.54, 1.807) is 30.3 Å². The lowest BCUT2D eigenvalue weighted by molar-refractivity contribution is -0.114. The Bertz CT molecular complexity index is 919. The van der Waals surface area contributed by atoms with Gasteiger partial charge in [-0.25, -0.2) is 4.98 Å². The molecule has 3 rings (SSSR count). The molecular formula is C18H15N3O3S. The van der Waals surface area contributed by atoms with Crippen molar-refractivity contribution in [1.82, 2.24) is 4.98 Å². The van der Waals surface area contributed by atoms with Crippen LogP contribution in [0.25, 0.3) is 11.3 Å². The van der Waals surface area contributed by atoms with Crippen LogP contribution in [0.1, 0.15) is 17.3 Å². The molecule has 0 spiro atoms.